The Morgan fingerprint density at radius 1 is 1.25 bits per heavy atom. The third-order valence-corrected chi connectivity index (χ3v) is 8.84. The Labute approximate surface area is 213 Å². The van der Waals surface area contributed by atoms with Gasteiger partial charge in [0.15, 0.2) is 5.13 Å². The number of aryl methyl sites for hydroxylation is 1. The maximum Gasteiger partial charge on any atom is 0.213 e. The Morgan fingerprint density at radius 2 is 2.11 bits per heavy atom. The molecule has 0 aliphatic carbocycles. The molecule has 0 radical (unpaired) electrons. The van der Waals surface area contributed by atoms with Crippen LogP contribution in [0.25, 0.3) is 21.5 Å². The molecule has 1 atom stereocenters. The summed E-state index contributed by atoms with van der Waals surface area (Å²) >= 11 is 1.51. The van der Waals surface area contributed by atoms with Gasteiger partial charge >= 0.3 is 0 Å². The molecule has 1 aliphatic rings. The lowest BCUT2D eigenvalue weighted by molar-refractivity contribution is 0.327. The molecule has 0 bridgehead atoms. The standard InChI is InChI=1S/C24H27FN6O3S2/c1-2-36(32,33)31-10-3-4-18(16-31)28-24-29-21-6-5-19(13-23(21)35-24)34-20-7-9-26-22(12-20)17-14-27-30(15-17)11-8-25/h5-7,9,12-15,18H,2-4,8,10-11,16H2,1H3,(H,28,29)/t18-/m0/s1. The molecule has 190 valence electrons. The van der Waals surface area contributed by atoms with Crippen LogP contribution in [0.1, 0.15) is 19.8 Å². The normalized spacial score (nSPS) is 16.9. The second-order valence-corrected chi connectivity index (χ2v) is 11.8. The van der Waals surface area contributed by atoms with E-state index in [1.807, 2.05) is 24.3 Å². The van der Waals surface area contributed by atoms with Gasteiger partial charge in [0.1, 0.15) is 18.2 Å². The van der Waals surface area contributed by atoms with Gasteiger partial charge in [0.2, 0.25) is 10.0 Å². The zero-order chi connectivity index (χ0) is 25.1. The predicted octanol–water partition coefficient (Wildman–Crippen LogP) is 4.54. The third-order valence-electron chi connectivity index (χ3n) is 6.04. The number of alkyl halides is 1. The zero-order valence-electron chi connectivity index (χ0n) is 19.8. The smallest absolute Gasteiger partial charge is 0.213 e. The van der Waals surface area contributed by atoms with Crippen molar-refractivity contribution in [1.29, 1.82) is 0 Å². The number of nitrogens with zero attached hydrogens (tertiary/aromatic N) is 5. The van der Waals surface area contributed by atoms with Crippen molar-refractivity contribution in [3.05, 3.63) is 48.9 Å². The molecule has 0 saturated carbocycles. The van der Waals surface area contributed by atoms with Gasteiger partial charge in [-0.15, -0.1) is 0 Å². The molecule has 5 rings (SSSR count). The number of aromatic nitrogens is 4. The van der Waals surface area contributed by atoms with Gasteiger partial charge in [0, 0.05) is 49.2 Å². The highest BCUT2D eigenvalue weighted by Crippen LogP contribution is 2.33. The fourth-order valence-corrected chi connectivity index (χ4v) is 6.32. The first-order chi connectivity index (χ1) is 17.4. The summed E-state index contributed by atoms with van der Waals surface area (Å²) in [6.07, 6.45) is 6.80. The molecular weight excluding hydrogens is 503 g/mol. The Kier molecular flexibility index (Phi) is 7.17. The average Bonchev–Trinajstić information content (AvgIpc) is 3.51. The van der Waals surface area contributed by atoms with Crippen LogP contribution in [0.4, 0.5) is 9.52 Å². The molecule has 1 saturated heterocycles. The Morgan fingerprint density at radius 3 is 2.94 bits per heavy atom. The number of sulfonamides is 1. The van der Waals surface area contributed by atoms with E-state index in [0.717, 1.165) is 33.8 Å². The van der Waals surface area contributed by atoms with Crippen molar-refractivity contribution in [3.8, 4) is 22.8 Å². The van der Waals surface area contributed by atoms with Crippen LogP contribution in [0, 0.1) is 0 Å². The van der Waals surface area contributed by atoms with Crippen LogP contribution in [0.3, 0.4) is 0 Å². The number of hydrogen-bond donors (Lipinski definition) is 1. The largest absolute Gasteiger partial charge is 0.457 e. The number of piperidine rings is 1. The molecule has 36 heavy (non-hydrogen) atoms. The first-order valence-electron chi connectivity index (χ1n) is 11.8. The molecule has 1 N–H and O–H groups in total. The fourth-order valence-electron chi connectivity index (χ4n) is 4.17. The topological polar surface area (TPSA) is 102 Å². The number of ether oxygens (including phenoxy) is 1. The number of halogens is 1. The van der Waals surface area contributed by atoms with Crippen LogP contribution in [0.5, 0.6) is 11.5 Å². The Hall–Kier alpha value is -3.09. The second kappa shape index (κ2) is 10.5. The van der Waals surface area contributed by atoms with Gasteiger partial charge in [-0.1, -0.05) is 11.3 Å². The van der Waals surface area contributed by atoms with Gasteiger partial charge in [-0.3, -0.25) is 9.67 Å². The number of rotatable bonds is 9. The summed E-state index contributed by atoms with van der Waals surface area (Å²) in [6.45, 7) is 2.44. The van der Waals surface area contributed by atoms with Gasteiger partial charge < -0.3 is 10.1 Å². The highest BCUT2D eigenvalue weighted by molar-refractivity contribution is 7.89. The number of thiazole rings is 1. The monoisotopic (exact) mass is 530 g/mol. The molecular formula is C24H27FN6O3S2. The molecule has 0 unspecified atom stereocenters. The quantitative estimate of drug-likeness (QED) is 0.339. The van der Waals surface area contributed by atoms with Gasteiger partial charge in [-0.2, -0.15) is 9.40 Å². The summed E-state index contributed by atoms with van der Waals surface area (Å²) in [5.41, 5.74) is 2.32. The van der Waals surface area contributed by atoms with E-state index in [9.17, 15) is 12.8 Å². The van der Waals surface area contributed by atoms with E-state index in [0.29, 0.717) is 30.3 Å². The molecule has 12 heteroatoms. The molecule has 4 aromatic rings. The van der Waals surface area contributed by atoms with Crippen molar-refractivity contribution in [2.75, 3.05) is 30.8 Å². The van der Waals surface area contributed by atoms with Crippen molar-refractivity contribution in [3.63, 3.8) is 0 Å². The zero-order valence-corrected chi connectivity index (χ0v) is 21.4. The molecule has 1 fully saturated rings. The molecule has 0 spiro atoms. The number of nitrogens with one attached hydrogen (secondary N) is 1. The second-order valence-electron chi connectivity index (χ2n) is 8.55. The van der Waals surface area contributed by atoms with Crippen LogP contribution in [-0.2, 0) is 16.6 Å². The Balaban J connectivity index is 1.28. The van der Waals surface area contributed by atoms with E-state index in [1.165, 1.54) is 11.3 Å². The van der Waals surface area contributed by atoms with Crippen LogP contribution < -0.4 is 10.1 Å². The van der Waals surface area contributed by atoms with Gasteiger partial charge in [-0.05, 0) is 38.0 Å². The van der Waals surface area contributed by atoms with E-state index in [2.05, 4.69) is 20.4 Å². The van der Waals surface area contributed by atoms with Crippen molar-refractivity contribution >= 4 is 36.7 Å². The number of benzene rings is 1. The van der Waals surface area contributed by atoms with Crippen molar-refractivity contribution < 1.29 is 17.5 Å². The summed E-state index contributed by atoms with van der Waals surface area (Å²) < 4.78 is 47.3. The third kappa shape index (κ3) is 5.50. The van der Waals surface area contributed by atoms with Crippen LogP contribution in [0.2, 0.25) is 0 Å². The highest BCUT2D eigenvalue weighted by Gasteiger charge is 2.28. The lowest BCUT2D eigenvalue weighted by Gasteiger charge is -2.31. The SMILES string of the molecule is CCS(=O)(=O)N1CCC[C@H](Nc2nc3ccc(Oc4ccnc(-c5cnn(CCF)c5)c4)cc3s2)C1. The van der Waals surface area contributed by atoms with E-state index in [-0.39, 0.29) is 18.3 Å². The van der Waals surface area contributed by atoms with Crippen molar-refractivity contribution in [1.82, 2.24) is 24.1 Å². The Bertz CT molecular complexity index is 1460. The average molecular weight is 531 g/mol. The van der Waals surface area contributed by atoms with Gasteiger partial charge in [-0.25, -0.2) is 17.8 Å². The number of fused-ring (bicyclic) bond motifs is 1. The minimum Gasteiger partial charge on any atom is -0.457 e. The molecule has 3 aromatic heterocycles. The lowest BCUT2D eigenvalue weighted by Crippen LogP contribution is -2.45. The highest BCUT2D eigenvalue weighted by atomic mass is 32.2. The minimum absolute atomic E-state index is 0.0286. The summed E-state index contributed by atoms with van der Waals surface area (Å²) in [4.78, 5) is 9.05. The first kappa shape index (κ1) is 24.6. The van der Waals surface area contributed by atoms with Crippen LogP contribution in [0.15, 0.2) is 48.9 Å². The molecule has 1 aromatic carbocycles. The van der Waals surface area contributed by atoms with Gasteiger partial charge in [0.25, 0.3) is 0 Å². The van der Waals surface area contributed by atoms with E-state index < -0.39 is 16.7 Å². The molecule has 9 nitrogen and oxygen atoms in total. The maximum atomic E-state index is 12.6. The number of anilines is 1. The summed E-state index contributed by atoms with van der Waals surface area (Å²) in [6, 6.07) is 9.33. The van der Waals surface area contributed by atoms with Crippen LogP contribution >= 0.6 is 11.3 Å². The van der Waals surface area contributed by atoms with Gasteiger partial charge in [0.05, 0.1) is 34.4 Å². The van der Waals surface area contributed by atoms with E-state index in [1.54, 1.807) is 40.6 Å². The molecule has 4 heterocycles. The van der Waals surface area contributed by atoms with Crippen molar-refractivity contribution in [2.24, 2.45) is 0 Å². The van der Waals surface area contributed by atoms with Crippen LogP contribution in [-0.4, -0.2) is 64.0 Å². The molecule has 0 amide bonds. The lowest BCUT2D eigenvalue weighted by atomic mass is 10.1. The first-order valence-corrected chi connectivity index (χ1v) is 14.2. The molecule has 1 aliphatic heterocycles. The number of pyridine rings is 1. The predicted molar refractivity (Wildman–Crippen MR) is 139 cm³/mol. The van der Waals surface area contributed by atoms with E-state index >= 15 is 0 Å². The van der Waals surface area contributed by atoms with Crippen molar-refractivity contribution in [2.45, 2.75) is 32.4 Å². The minimum atomic E-state index is -3.19. The summed E-state index contributed by atoms with van der Waals surface area (Å²) in [7, 11) is -3.19. The summed E-state index contributed by atoms with van der Waals surface area (Å²) in [5.74, 6) is 1.41. The maximum absolute atomic E-state index is 12.6. The summed E-state index contributed by atoms with van der Waals surface area (Å²) in [5, 5.41) is 8.33. The fraction of sp³-hybridized carbons (Fsp3) is 0.375. The van der Waals surface area contributed by atoms with E-state index in [4.69, 9.17) is 4.74 Å². The number of hydrogen-bond acceptors (Lipinski definition) is 8.